The van der Waals surface area contributed by atoms with Gasteiger partial charge in [0.05, 0.1) is 5.92 Å². The highest BCUT2D eigenvalue weighted by molar-refractivity contribution is 5.85. The summed E-state index contributed by atoms with van der Waals surface area (Å²) in [5, 5.41) is 0. The minimum absolute atomic E-state index is 0.0443. The first kappa shape index (κ1) is 16.0. The standard InChI is InChI=1S/C19H26N2O2/c1-20-13-14-21(12-11-17(20)22)19(23)18(16-9-5-6-10-16)15-7-3-2-4-8-15/h2-4,7-8,16,18H,5-6,9-14H2,1H3. The molecule has 2 amide bonds. The summed E-state index contributed by atoms with van der Waals surface area (Å²) in [5.41, 5.74) is 1.13. The van der Waals surface area contributed by atoms with Gasteiger partial charge in [-0.2, -0.15) is 0 Å². The van der Waals surface area contributed by atoms with Crippen LogP contribution in [-0.4, -0.2) is 48.3 Å². The molecule has 0 bridgehead atoms. The third-order valence-electron chi connectivity index (χ3n) is 5.33. The number of hydrogen-bond acceptors (Lipinski definition) is 2. The van der Waals surface area contributed by atoms with Crippen molar-refractivity contribution in [2.75, 3.05) is 26.7 Å². The monoisotopic (exact) mass is 314 g/mol. The molecular formula is C19H26N2O2. The molecule has 2 aliphatic rings. The molecule has 0 spiro atoms. The number of carbonyl (C=O) groups is 2. The Hall–Kier alpha value is -1.84. The van der Waals surface area contributed by atoms with Crippen molar-refractivity contribution in [1.29, 1.82) is 0 Å². The second-order valence-corrected chi connectivity index (χ2v) is 6.82. The van der Waals surface area contributed by atoms with Crippen molar-refractivity contribution in [3.63, 3.8) is 0 Å². The summed E-state index contributed by atoms with van der Waals surface area (Å²) in [6, 6.07) is 10.2. The highest BCUT2D eigenvalue weighted by atomic mass is 16.2. The van der Waals surface area contributed by atoms with E-state index in [9.17, 15) is 9.59 Å². The minimum Gasteiger partial charge on any atom is -0.344 e. The summed E-state index contributed by atoms with van der Waals surface area (Å²) in [6.45, 7) is 1.84. The van der Waals surface area contributed by atoms with Crippen LogP contribution in [0, 0.1) is 5.92 Å². The van der Waals surface area contributed by atoms with E-state index in [-0.39, 0.29) is 17.7 Å². The Morgan fingerprint density at radius 1 is 1.09 bits per heavy atom. The van der Waals surface area contributed by atoms with E-state index in [2.05, 4.69) is 12.1 Å². The van der Waals surface area contributed by atoms with E-state index in [0.29, 0.717) is 32.0 Å². The SMILES string of the molecule is CN1CCN(C(=O)C(c2ccccc2)C2CCCC2)CCC1=O. The normalized spacial score (nSPS) is 21.3. The second-order valence-electron chi connectivity index (χ2n) is 6.82. The van der Waals surface area contributed by atoms with E-state index in [1.54, 1.807) is 4.90 Å². The molecule has 23 heavy (non-hydrogen) atoms. The zero-order chi connectivity index (χ0) is 16.2. The van der Waals surface area contributed by atoms with E-state index in [4.69, 9.17) is 0 Å². The molecule has 4 heteroatoms. The molecule has 0 N–H and O–H groups in total. The summed E-state index contributed by atoms with van der Waals surface area (Å²) >= 11 is 0. The first-order valence-electron chi connectivity index (χ1n) is 8.74. The van der Waals surface area contributed by atoms with Crippen molar-refractivity contribution < 1.29 is 9.59 Å². The molecule has 0 radical (unpaired) electrons. The molecule has 1 aliphatic heterocycles. The van der Waals surface area contributed by atoms with Crippen molar-refractivity contribution >= 4 is 11.8 Å². The zero-order valence-corrected chi connectivity index (χ0v) is 13.9. The molecule has 4 nitrogen and oxygen atoms in total. The molecule has 1 aliphatic carbocycles. The lowest BCUT2D eigenvalue weighted by atomic mass is 9.83. The number of carbonyl (C=O) groups excluding carboxylic acids is 2. The molecule has 0 aromatic heterocycles. The number of amides is 2. The van der Waals surface area contributed by atoms with Gasteiger partial charge < -0.3 is 9.80 Å². The van der Waals surface area contributed by atoms with Gasteiger partial charge in [0, 0.05) is 33.1 Å². The summed E-state index contributed by atoms with van der Waals surface area (Å²) in [6.07, 6.45) is 5.16. The van der Waals surface area contributed by atoms with Crippen LogP contribution in [0.4, 0.5) is 0 Å². The van der Waals surface area contributed by atoms with Gasteiger partial charge >= 0.3 is 0 Å². The maximum Gasteiger partial charge on any atom is 0.230 e. The number of likely N-dealkylation sites (N-methyl/N-ethyl adjacent to an activating group) is 1. The number of rotatable bonds is 3. The first-order chi connectivity index (χ1) is 11.2. The van der Waals surface area contributed by atoms with Crippen LogP contribution in [-0.2, 0) is 9.59 Å². The third kappa shape index (κ3) is 3.57. The molecule has 1 aromatic carbocycles. The first-order valence-corrected chi connectivity index (χ1v) is 8.74. The minimum atomic E-state index is -0.0443. The van der Waals surface area contributed by atoms with Crippen molar-refractivity contribution in [3.8, 4) is 0 Å². The maximum absolute atomic E-state index is 13.2. The van der Waals surface area contributed by atoms with Crippen molar-refractivity contribution in [1.82, 2.24) is 9.80 Å². The predicted molar refractivity (Wildman–Crippen MR) is 90.0 cm³/mol. The fraction of sp³-hybridized carbons (Fsp3) is 0.579. The molecule has 1 atom stereocenters. The fourth-order valence-corrected chi connectivity index (χ4v) is 3.91. The van der Waals surface area contributed by atoms with Crippen LogP contribution < -0.4 is 0 Å². The molecule has 124 valence electrons. The van der Waals surface area contributed by atoms with Gasteiger partial charge in [-0.25, -0.2) is 0 Å². The quantitative estimate of drug-likeness (QED) is 0.860. The van der Waals surface area contributed by atoms with Gasteiger partial charge in [-0.05, 0) is 24.3 Å². The maximum atomic E-state index is 13.2. The Balaban J connectivity index is 1.81. The summed E-state index contributed by atoms with van der Waals surface area (Å²) in [4.78, 5) is 28.8. The molecule has 1 unspecified atom stereocenters. The molecule has 2 fully saturated rings. The van der Waals surface area contributed by atoms with E-state index in [1.807, 2.05) is 30.1 Å². The number of benzene rings is 1. The van der Waals surface area contributed by atoms with Crippen LogP contribution >= 0.6 is 0 Å². The Bertz CT molecular complexity index is 552. The Labute approximate surface area is 138 Å². The van der Waals surface area contributed by atoms with Crippen LogP contribution in [0.25, 0.3) is 0 Å². The lowest BCUT2D eigenvalue weighted by molar-refractivity contribution is -0.134. The van der Waals surface area contributed by atoms with Crippen LogP contribution in [0.15, 0.2) is 30.3 Å². The van der Waals surface area contributed by atoms with Gasteiger partial charge in [0.25, 0.3) is 0 Å². The highest BCUT2D eigenvalue weighted by Gasteiger charge is 2.35. The van der Waals surface area contributed by atoms with Crippen LogP contribution in [0.2, 0.25) is 0 Å². The van der Waals surface area contributed by atoms with Crippen molar-refractivity contribution in [2.45, 2.75) is 38.0 Å². The number of nitrogens with zero attached hydrogens (tertiary/aromatic N) is 2. The van der Waals surface area contributed by atoms with E-state index in [1.165, 1.54) is 12.8 Å². The number of hydrogen-bond donors (Lipinski definition) is 0. The topological polar surface area (TPSA) is 40.6 Å². The van der Waals surface area contributed by atoms with Gasteiger partial charge in [-0.15, -0.1) is 0 Å². The van der Waals surface area contributed by atoms with Gasteiger partial charge in [0.15, 0.2) is 0 Å². The molecule has 1 saturated carbocycles. The molecule has 1 saturated heterocycles. The summed E-state index contributed by atoms with van der Waals surface area (Å²) in [5.74, 6) is 0.752. The summed E-state index contributed by atoms with van der Waals surface area (Å²) < 4.78 is 0. The smallest absolute Gasteiger partial charge is 0.230 e. The fourth-order valence-electron chi connectivity index (χ4n) is 3.91. The average Bonchev–Trinajstić information content (AvgIpc) is 3.03. The average molecular weight is 314 g/mol. The highest BCUT2D eigenvalue weighted by Crippen LogP contribution is 2.38. The Morgan fingerprint density at radius 3 is 2.48 bits per heavy atom. The lowest BCUT2D eigenvalue weighted by Crippen LogP contribution is -2.39. The summed E-state index contributed by atoms with van der Waals surface area (Å²) in [7, 11) is 1.82. The largest absolute Gasteiger partial charge is 0.344 e. The third-order valence-corrected chi connectivity index (χ3v) is 5.33. The van der Waals surface area contributed by atoms with Crippen molar-refractivity contribution in [2.24, 2.45) is 5.92 Å². The van der Waals surface area contributed by atoms with E-state index < -0.39 is 0 Å². The van der Waals surface area contributed by atoms with Gasteiger partial charge in [0.1, 0.15) is 0 Å². The molecule has 3 rings (SSSR count). The van der Waals surface area contributed by atoms with Crippen LogP contribution in [0.5, 0.6) is 0 Å². The zero-order valence-electron chi connectivity index (χ0n) is 13.9. The van der Waals surface area contributed by atoms with E-state index >= 15 is 0 Å². The molecular weight excluding hydrogens is 288 g/mol. The predicted octanol–water partition coefficient (Wildman–Crippen LogP) is 2.65. The Morgan fingerprint density at radius 2 is 1.78 bits per heavy atom. The Kier molecular flexibility index (Phi) is 4.99. The molecule has 1 heterocycles. The van der Waals surface area contributed by atoms with Crippen molar-refractivity contribution in [3.05, 3.63) is 35.9 Å². The van der Waals surface area contributed by atoms with E-state index in [0.717, 1.165) is 18.4 Å². The molecule has 1 aromatic rings. The van der Waals surface area contributed by atoms with Gasteiger partial charge in [-0.1, -0.05) is 43.2 Å². The lowest BCUT2D eigenvalue weighted by Gasteiger charge is -2.29. The van der Waals surface area contributed by atoms with Gasteiger partial charge in [-0.3, -0.25) is 9.59 Å². The van der Waals surface area contributed by atoms with Crippen LogP contribution in [0.3, 0.4) is 0 Å². The van der Waals surface area contributed by atoms with Gasteiger partial charge in [0.2, 0.25) is 11.8 Å². The van der Waals surface area contributed by atoms with Crippen LogP contribution in [0.1, 0.15) is 43.6 Å². The second kappa shape index (κ2) is 7.16.